The minimum Gasteiger partial charge on any atom is -0.495 e. The number of hydrogen-bond donors (Lipinski definition) is 1. The molecule has 0 saturated heterocycles. The van der Waals surface area contributed by atoms with Gasteiger partial charge in [-0.15, -0.1) is 0 Å². The van der Waals surface area contributed by atoms with Crippen molar-refractivity contribution >= 4 is 23.2 Å². The minimum absolute atomic E-state index is 0.265. The predicted molar refractivity (Wildman–Crippen MR) is 74.6 cm³/mol. The van der Waals surface area contributed by atoms with Crippen LogP contribution in [0.4, 0.5) is 11.6 Å². The monoisotopic (exact) mass is 290 g/mol. The number of halogens is 1. The molecule has 0 unspecified atom stereocenters. The van der Waals surface area contributed by atoms with Crippen molar-refractivity contribution in [1.29, 1.82) is 5.26 Å². The van der Waals surface area contributed by atoms with Gasteiger partial charge < -0.3 is 14.8 Å². The Kier molecular flexibility index (Phi) is 4.23. The topological polar surface area (TPSA) is 80.1 Å². The molecule has 1 heterocycles. The number of hydrogen-bond acceptors (Lipinski definition) is 6. The van der Waals surface area contributed by atoms with Gasteiger partial charge in [-0.3, -0.25) is 0 Å². The van der Waals surface area contributed by atoms with Gasteiger partial charge in [0.05, 0.1) is 24.9 Å². The number of methoxy groups -OCH3 is 2. The van der Waals surface area contributed by atoms with Gasteiger partial charge in [0.25, 0.3) is 0 Å². The quantitative estimate of drug-likeness (QED) is 0.932. The van der Waals surface area contributed by atoms with Crippen molar-refractivity contribution < 1.29 is 9.47 Å². The third-order valence-corrected chi connectivity index (χ3v) is 2.79. The van der Waals surface area contributed by atoms with Crippen LogP contribution >= 0.6 is 11.6 Å². The molecular weight excluding hydrogens is 280 g/mol. The Morgan fingerprint density at radius 2 is 2.00 bits per heavy atom. The van der Waals surface area contributed by atoms with Gasteiger partial charge in [-0.2, -0.15) is 5.26 Å². The van der Waals surface area contributed by atoms with Crippen molar-refractivity contribution in [3.05, 3.63) is 35.1 Å². The van der Waals surface area contributed by atoms with Gasteiger partial charge in [0.15, 0.2) is 0 Å². The summed E-state index contributed by atoms with van der Waals surface area (Å²) in [5.41, 5.74) is 0.842. The van der Waals surface area contributed by atoms with E-state index in [1.165, 1.54) is 26.5 Å². The Labute approximate surface area is 120 Å². The fraction of sp³-hybridized carbons (Fsp3) is 0.154. The molecule has 6 nitrogen and oxygen atoms in total. The second-order valence-electron chi connectivity index (χ2n) is 3.69. The zero-order valence-electron chi connectivity index (χ0n) is 10.8. The first-order valence-corrected chi connectivity index (χ1v) is 5.97. The molecule has 20 heavy (non-hydrogen) atoms. The average Bonchev–Trinajstić information content (AvgIpc) is 2.48. The number of aromatic nitrogens is 2. The normalized spacial score (nSPS) is 9.70. The SMILES string of the molecule is COc1cc(OC)c(Nc2nccc(C#N)n2)cc1Cl. The van der Waals surface area contributed by atoms with Gasteiger partial charge in [-0.25, -0.2) is 9.97 Å². The molecule has 0 aliphatic heterocycles. The van der Waals surface area contributed by atoms with Crippen LogP contribution < -0.4 is 14.8 Å². The molecule has 2 aromatic rings. The zero-order chi connectivity index (χ0) is 14.5. The van der Waals surface area contributed by atoms with E-state index in [0.29, 0.717) is 22.2 Å². The van der Waals surface area contributed by atoms with Crippen LogP contribution in [-0.2, 0) is 0 Å². The highest BCUT2D eigenvalue weighted by Gasteiger charge is 2.11. The summed E-state index contributed by atoms with van der Waals surface area (Å²) in [7, 11) is 3.05. The van der Waals surface area contributed by atoms with Gasteiger partial charge >= 0.3 is 0 Å². The predicted octanol–water partition coefficient (Wildman–Crippen LogP) is 2.76. The zero-order valence-corrected chi connectivity index (χ0v) is 11.6. The van der Waals surface area contributed by atoms with Crippen molar-refractivity contribution in [1.82, 2.24) is 9.97 Å². The summed E-state index contributed by atoms with van der Waals surface area (Å²) in [5.74, 6) is 1.31. The van der Waals surface area contributed by atoms with Crippen LogP contribution in [0.1, 0.15) is 5.69 Å². The number of ether oxygens (including phenoxy) is 2. The lowest BCUT2D eigenvalue weighted by Crippen LogP contribution is -2.00. The maximum absolute atomic E-state index is 8.81. The van der Waals surface area contributed by atoms with E-state index in [1.54, 1.807) is 12.1 Å². The molecule has 0 amide bonds. The van der Waals surface area contributed by atoms with Gasteiger partial charge in [-0.05, 0) is 12.1 Å². The van der Waals surface area contributed by atoms with Crippen LogP contribution in [0, 0.1) is 11.3 Å². The van der Waals surface area contributed by atoms with Crippen molar-refractivity contribution in [2.45, 2.75) is 0 Å². The Hall–Kier alpha value is -2.52. The van der Waals surface area contributed by atoms with Crippen LogP contribution in [-0.4, -0.2) is 24.2 Å². The van der Waals surface area contributed by atoms with E-state index >= 15 is 0 Å². The van der Waals surface area contributed by atoms with Crippen LogP contribution in [0.3, 0.4) is 0 Å². The first kappa shape index (κ1) is 13.9. The third-order valence-electron chi connectivity index (χ3n) is 2.49. The third kappa shape index (κ3) is 2.90. The van der Waals surface area contributed by atoms with E-state index in [1.807, 2.05) is 6.07 Å². The van der Waals surface area contributed by atoms with E-state index in [4.69, 9.17) is 26.3 Å². The van der Waals surface area contributed by atoms with Gasteiger partial charge in [0.2, 0.25) is 5.95 Å². The van der Waals surface area contributed by atoms with Crippen LogP contribution in [0.25, 0.3) is 0 Å². The van der Waals surface area contributed by atoms with E-state index in [2.05, 4.69) is 15.3 Å². The summed E-state index contributed by atoms with van der Waals surface area (Å²) in [6, 6.07) is 6.75. The van der Waals surface area contributed by atoms with Gasteiger partial charge in [-0.1, -0.05) is 11.6 Å². The molecule has 1 aromatic heterocycles. The number of benzene rings is 1. The van der Waals surface area contributed by atoms with Crippen LogP contribution in [0.2, 0.25) is 5.02 Å². The molecule has 0 aliphatic carbocycles. The lowest BCUT2D eigenvalue weighted by atomic mass is 10.2. The van der Waals surface area contributed by atoms with Crippen LogP contribution in [0.15, 0.2) is 24.4 Å². The first-order valence-electron chi connectivity index (χ1n) is 5.59. The Bertz CT molecular complexity index is 670. The number of rotatable bonds is 4. The van der Waals surface area contributed by atoms with Gasteiger partial charge in [0.1, 0.15) is 23.3 Å². The van der Waals surface area contributed by atoms with E-state index < -0.39 is 0 Å². The molecule has 0 fully saturated rings. The molecule has 1 N–H and O–H groups in total. The second-order valence-corrected chi connectivity index (χ2v) is 4.10. The molecule has 0 radical (unpaired) electrons. The summed E-state index contributed by atoms with van der Waals surface area (Å²) in [6.45, 7) is 0. The second kappa shape index (κ2) is 6.08. The maximum atomic E-state index is 8.81. The Morgan fingerprint density at radius 1 is 1.25 bits per heavy atom. The summed E-state index contributed by atoms with van der Waals surface area (Å²) in [4.78, 5) is 8.05. The largest absolute Gasteiger partial charge is 0.495 e. The van der Waals surface area contributed by atoms with E-state index in [0.717, 1.165) is 0 Å². The maximum Gasteiger partial charge on any atom is 0.228 e. The highest BCUT2D eigenvalue weighted by molar-refractivity contribution is 6.32. The molecule has 102 valence electrons. The molecule has 7 heteroatoms. The summed E-state index contributed by atoms with van der Waals surface area (Å²) >= 11 is 6.07. The lowest BCUT2D eigenvalue weighted by Gasteiger charge is -2.12. The molecule has 0 spiro atoms. The number of anilines is 2. The minimum atomic E-state index is 0.265. The molecule has 2 rings (SSSR count). The fourth-order valence-electron chi connectivity index (χ4n) is 1.56. The Balaban J connectivity index is 2.37. The van der Waals surface area contributed by atoms with E-state index in [9.17, 15) is 0 Å². The van der Waals surface area contributed by atoms with Crippen molar-refractivity contribution in [3.63, 3.8) is 0 Å². The molecule has 0 bridgehead atoms. The fourth-order valence-corrected chi connectivity index (χ4v) is 1.80. The summed E-state index contributed by atoms with van der Waals surface area (Å²) in [6.07, 6.45) is 1.49. The van der Waals surface area contributed by atoms with Crippen molar-refractivity contribution in [3.8, 4) is 17.6 Å². The van der Waals surface area contributed by atoms with Crippen molar-refractivity contribution in [2.24, 2.45) is 0 Å². The molecule has 0 atom stereocenters. The summed E-state index contributed by atoms with van der Waals surface area (Å²) < 4.78 is 10.4. The molecule has 0 saturated carbocycles. The number of nitrogens with zero attached hydrogens (tertiary/aromatic N) is 3. The molecule has 0 aliphatic rings. The number of nitriles is 1. The summed E-state index contributed by atoms with van der Waals surface area (Å²) in [5, 5.41) is 12.2. The molecular formula is C13H11ClN4O2. The highest BCUT2D eigenvalue weighted by atomic mass is 35.5. The smallest absolute Gasteiger partial charge is 0.228 e. The molecule has 1 aromatic carbocycles. The lowest BCUT2D eigenvalue weighted by molar-refractivity contribution is 0.396. The number of nitrogens with one attached hydrogen (secondary N) is 1. The Morgan fingerprint density at radius 3 is 2.65 bits per heavy atom. The first-order chi connectivity index (χ1) is 9.67. The van der Waals surface area contributed by atoms with Crippen LogP contribution in [0.5, 0.6) is 11.5 Å². The van der Waals surface area contributed by atoms with Gasteiger partial charge in [0, 0.05) is 12.3 Å². The standard InChI is InChI=1S/C13H11ClN4O2/c1-19-11-6-12(20-2)10(5-9(11)14)18-13-16-4-3-8(7-15)17-13/h3-6H,1-2H3,(H,16,17,18). The highest BCUT2D eigenvalue weighted by Crippen LogP contribution is 2.36. The average molecular weight is 291 g/mol. The van der Waals surface area contributed by atoms with E-state index in [-0.39, 0.29) is 11.6 Å². The van der Waals surface area contributed by atoms with Crippen molar-refractivity contribution in [2.75, 3.05) is 19.5 Å².